The zero-order valence-corrected chi connectivity index (χ0v) is 13.6. The van der Waals surface area contributed by atoms with Gasteiger partial charge in [-0.2, -0.15) is 9.78 Å². The molecule has 3 rings (SSSR count). The Morgan fingerprint density at radius 1 is 1.38 bits per heavy atom. The van der Waals surface area contributed by atoms with Crippen LogP contribution in [-0.4, -0.2) is 33.8 Å². The summed E-state index contributed by atoms with van der Waals surface area (Å²) in [5.74, 6) is -0.0195. The SMILES string of the molecule is CCOC(=O)c1csc(-n2nc(-c3ccccc3)cc2NC=O)n1. The third-order valence-electron chi connectivity index (χ3n) is 3.14. The van der Waals surface area contributed by atoms with Crippen LogP contribution < -0.4 is 5.32 Å². The molecule has 0 unspecified atom stereocenters. The number of benzene rings is 1. The van der Waals surface area contributed by atoms with Crippen LogP contribution in [0.4, 0.5) is 5.82 Å². The van der Waals surface area contributed by atoms with E-state index in [1.165, 1.54) is 16.0 Å². The van der Waals surface area contributed by atoms with E-state index in [1.54, 1.807) is 18.4 Å². The Kier molecular flexibility index (Phi) is 4.66. The first-order valence-electron chi connectivity index (χ1n) is 7.21. The number of nitrogens with one attached hydrogen (secondary N) is 1. The number of thiazole rings is 1. The monoisotopic (exact) mass is 342 g/mol. The molecule has 7 nitrogen and oxygen atoms in total. The van der Waals surface area contributed by atoms with E-state index in [9.17, 15) is 9.59 Å². The second kappa shape index (κ2) is 7.05. The molecule has 0 aliphatic carbocycles. The molecule has 2 aromatic heterocycles. The van der Waals surface area contributed by atoms with Crippen LogP contribution in [-0.2, 0) is 9.53 Å². The second-order valence-electron chi connectivity index (χ2n) is 4.69. The highest BCUT2D eigenvalue weighted by molar-refractivity contribution is 7.12. The molecule has 0 atom stereocenters. The minimum absolute atomic E-state index is 0.214. The lowest BCUT2D eigenvalue weighted by atomic mass is 10.2. The van der Waals surface area contributed by atoms with Crippen LogP contribution in [0.5, 0.6) is 0 Å². The van der Waals surface area contributed by atoms with Crippen molar-refractivity contribution < 1.29 is 14.3 Å². The average Bonchev–Trinajstić information content (AvgIpc) is 3.23. The van der Waals surface area contributed by atoms with Gasteiger partial charge in [0.1, 0.15) is 5.82 Å². The molecule has 24 heavy (non-hydrogen) atoms. The van der Waals surface area contributed by atoms with Crippen LogP contribution in [0.15, 0.2) is 41.8 Å². The topological polar surface area (TPSA) is 86.1 Å². The number of hydrogen-bond acceptors (Lipinski definition) is 6. The van der Waals surface area contributed by atoms with E-state index in [2.05, 4.69) is 15.4 Å². The maximum absolute atomic E-state index is 11.7. The molecular weight excluding hydrogens is 328 g/mol. The number of rotatable bonds is 6. The van der Waals surface area contributed by atoms with Crippen LogP contribution in [0.1, 0.15) is 17.4 Å². The third kappa shape index (κ3) is 3.18. The van der Waals surface area contributed by atoms with Gasteiger partial charge in [0, 0.05) is 17.0 Å². The van der Waals surface area contributed by atoms with Crippen molar-refractivity contribution in [3.63, 3.8) is 0 Å². The number of nitrogens with zero attached hydrogens (tertiary/aromatic N) is 3. The highest BCUT2D eigenvalue weighted by Gasteiger charge is 2.17. The zero-order valence-electron chi connectivity index (χ0n) is 12.8. The van der Waals surface area contributed by atoms with Gasteiger partial charge in [0.15, 0.2) is 5.69 Å². The Hall–Kier alpha value is -3.00. The van der Waals surface area contributed by atoms with Gasteiger partial charge >= 0.3 is 5.97 Å². The summed E-state index contributed by atoms with van der Waals surface area (Å²) in [5.41, 5.74) is 1.81. The van der Waals surface area contributed by atoms with Gasteiger partial charge in [-0.25, -0.2) is 9.78 Å². The number of anilines is 1. The van der Waals surface area contributed by atoms with Gasteiger partial charge in [-0.3, -0.25) is 4.79 Å². The summed E-state index contributed by atoms with van der Waals surface area (Å²) in [6, 6.07) is 11.3. The van der Waals surface area contributed by atoms with Gasteiger partial charge in [0.2, 0.25) is 11.5 Å². The average molecular weight is 342 g/mol. The van der Waals surface area contributed by atoms with Gasteiger partial charge < -0.3 is 10.1 Å². The van der Waals surface area contributed by atoms with Crippen LogP contribution in [0, 0.1) is 0 Å². The summed E-state index contributed by atoms with van der Waals surface area (Å²) in [6.07, 6.45) is 0.572. The molecule has 0 spiro atoms. The molecule has 0 radical (unpaired) electrons. The van der Waals surface area contributed by atoms with Crippen molar-refractivity contribution in [2.75, 3.05) is 11.9 Å². The molecule has 122 valence electrons. The molecule has 0 fully saturated rings. The van der Waals surface area contributed by atoms with Crippen molar-refractivity contribution in [2.24, 2.45) is 0 Å². The predicted octanol–water partition coefficient (Wildman–Crippen LogP) is 2.74. The summed E-state index contributed by atoms with van der Waals surface area (Å²) in [4.78, 5) is 26.8. The normalized spacial score (nSPS) is 10.4. The maximum atomic E-state index is 11.7. The number of ether oxygens (including phenoxy) is 1. The summed E-state index contributed by atoms with van der Waals surface area (Å²) in [5, 5.41) is 9.14. The number of carbonyl (C=O) groups is 2. The van der Waals surface area contributed by atoms with Gasteiger partial charge in [-0.05, 0) is 6.92 Å². The summed E-state index contributed by atoms with van der Waals surface area (Å²) in [7, 11) is 0. The molecule has 8 heteroatoms. The van der Waals surface area contributed by atoms with Crippen molar-refractivity contribution >= 4 is 29.5 Å². The third-order valence-corrected chi connectivity index (χ3v) is 3.96. The summed E-state index contributed by atoms with van der Waals surface area (Å²) < 4.78 is 6.42. The molecule has 1 N–H and O–H groups in total. The lowest BCUT2D eigenvalue weighted by molar-refractivity contribution is -0.105. The Morgan fingerprint density at radius 2 is 2.17 bits per heavy atom. The van der Waals surface area contributed by atoms with Gasteiger partial charge in [-0.15, -0.1) is 11.3 Å². The summed E-state index contributed by atoms with van der Waals surface area (Å²) >= 11 is 1.24. The minimum Gasteiger partial charge on any atom is -0.461 e. The van der Waals surface area contributed by atoms with E-state index in [0.717, 1.165) is 5.56 Å². The fourth-order valence-electron chi connectivity index (χ4n) is 2.10. The van der Waals surface area contributed by atoms with E-state index in [1.807, 2.05) is 30.3 Å². The Labute approximate surface area is 141 Å². The van der Waals surface area contributed by atoms with E-state index in [4.69, 9.17) is 4.74 Å². The lowest BCUT2D eigenvalue weighted by Crippen LogP contribution is -2.07. The fraction of sp³-hybridized carbons (Fsp3) is 0.125. The molecule has 0 bridgehead atoms. The maximum Gasteiger partial charge on any atom is 0.357 e. The second-order valence-corrected chi connectivity index (χ2v) is 5.53. The van der Waals surface area contributed by atoms with Crippen molar-refractivity contribution in [1.82, 2.24) is 14.8 Å². The molecule has 0 saturated carbocycles. The first-order chi connectivity index (χ1) is 11.7. The molecule has 1 amide bonds. The molecular formula is C16H14N4O3S. The Bertz CT molecular complexity index is 857. The van der Waals surface area contributed by atoms with E-state index in [-0.39, 0.29) is 12.3 Å². The highest BCUT2D eigenvalue weighted by atomic mass is 32.1. The Balaban J connectivity index is 1.99. The largest absolute Gasteiger partial charge is 0.461 e. The number of aromatic nitrogens is 3. The standard InChI is InChI=1S/C16H14N4O3S/c1-2-23-15(22)13-9-24-16(18-13)20-14(17-10-21)8-12(19-20)11-6-4-3-5-7-11/h3-10H,2H2,1H3,(H,17,21). The van der Waals surface area contributed by atoms with Crippen LogP contribution >= 0.6 is 11.3 Å². The number of esters is 1. The molecule has 2 heterocycles. The fourth-order valence-corrected chi connectivity index (χ4v) is 2.86. The smallest absolute Gasteiger partial charge is 0.357 e. The van der Waals surface area contributed by atoms with Gasteiger partial charge in [-0.1, -0.05) is 30.3 Å². The van der Waals surface area contributed by atoms with Crippen molar-refractivity contribution in [3.05, 3.63) is 47.5 Å². The van der Waals surface area contributed by atoms with Crippen LogP contribution in [0.2, 0.25) is 0 Å². The van der Waals surface area contributed by atoms with Crippen molar-refractivity contribution in [2.45, 2.75) is 6.92 Å². The van der Waals surface area contributed by atoms with Crippen LogP contribution in [0.25, 0.3) is 16.4 Å². The highest BCUT2D eigenvalue weighted by Crippen LogP contribution is 2.26. The van der Waals surface area contributed by atoms with E-state index in [0.29, 0.717) is 23.1 Å². The molecule has 3 aromatic rings. The quantitative estimate of drug-likeness (QED) is 0.550. The van der Waals surface area contributed by atoms with Crippen molar-refractivity contribution in [1.29, 1.82) is 0 Å². The zero-order chi connectivity index (χ0) is 16.9. The first kappa shape index (κ1) is 15.9. The number of hydrogen-bond donors (Lipinski definition) is 1. The molecule has 0 saturated heterocycles. The van der Waals surface area contributed by atoms with E-state index < -0.39 is 5.97 Å². The van der Waals surface area contributed by atoms with E-state index >= 15 is 0 Å². The lowest BCUT2D eigenvalue weighted by Gasteiger charge is -2.01. The Morgan fingerprint density at radius 3 is 2.88 bits per heavy atom. The van der Waals surface area contributed by atoms with Crippen LogP contribution in [0.3, 0.4) is 0 Å². The first-order valence-corrected chi connectivity index (χ1v) is 8.09. The predicted molar refractivity (Wildman–Crippen MR) is 90.3 cm³/mol. The molecule has 0 aliphatic rings. The summed E-state index contributed by atoms with van der Waals surface area (Å²) in [6.45, 7) is 2.01. The van der Waals surface area contributed by atoms with Gasteiger partial charge in [0.25, 0.3) is 0 Å². The number of carbonyl (C=O) groups excluding carboxylic acids is 2. The molecule has 0 aliphatic heterocycles. The minimum atomic E-state index is -0.486. The molecule has 1 aromatic carbocycles. The van der Waals surface area contributed by atoms with Crippen molar-refractivity contribution in [3.8, 4) is 16.4 Å². The van der Waals surface area contributed by atoms with Gasteiger partial charge in [0.05, 0.1) is 12.3 Å². The number of amides is 1.